The maximum atomic E-state index is 13.9. The second kappa shape index (κ2) is 6.86. The largest absolute Gasteiger partial charge is 0.321 e. The highest BCUT2D eigenvalue weighted by molar-refractivity contribution is 9.11. The summed E-state index contributed by atoms with van der Waals surface area (Å²) in [4.78, 5) is 12.5. The molecule has 0 spiro atoms. The van der Waals surface area contributed by atoms with Gasteiger partial charge in [-0.3, -0.25) is 4.79 Å². The van der Waals surface area contributed by atoms with Gasteiger partial charge in [0, 0.05) is 8.95 Å². The Bertz CT molecular complexity index is 924. The number of para-hydroxylation sites is 1. The molecule has 0 radical (unpaired) electrons. The van der Waals surface area contributed by atoms with Crippen molar-refractivity contribution in [3.63, 3.8) is 0 Å². The fourth-order valence-electron chi connectivity index (χ4n) is 2.28. The van der Waals surface area contributed by atoms with Crippen LogP contribution in [0.5, 0.6) is 0 Å². The van der Waals surface area contributed by atoms with Crippen molar-refractivity contribution in [3.05, 3.63) is 74.7 Å². The predicted octanol–water partition coefficient (Wildman–Crippen LogP) is 5.10. The highest BCUT2D eigenvalue weighted by Gasteiger charge is 2.17. The number of amides is 1. The second-order valence-corrected chi connectivity index (χ2v) is 6.86. The van der Waals surface area contributed by atoms with Crippen LogP contribution in [0.2, 0.25) is 0 Å². The Labute approximate surface area is 154 Å². The van der Waals surface area contributed by atoms with E-state index in [1.165, 1.54) is 16.9 Å². The number of anilines is 1. The minimum Gasteiger partial charge on any atom is -0.321 e. The Morgan fingerprint density at radius 2 is 1.96 bits per heavy atom. The van der Waals surface area contributed by atoms with E-state index < -0.39 is 5.82 Å². The van der Waals surface area contributed by atoms with Crippen LogP contribution in [0.3, 0.4) is 0 Å². The summed E-state index contributed by atoms with van der Waals surface area (Å²) in [6, 6.07) is 11.8. The van der Waals surface area contributed by atoms with Crippen molar-refractivity contribution in [1.82, 2.24) is 9.78 Å². The van der Waals surface area contributed by atoms with Crippen LogP contribution in [0.15, 0.2) is 57.6 Å². The lowest BCUT2D eigenvalue weighted by molar-refractivity contribution is 0.102. The molecular formula is C17H12Br2FN3O. The molecule has 2 aromatic carbocycles. The van der Waals surface area contributed by atoms with Gasteiger partial charge in [0.15, 0.2) is 0 Å². The van der Waals surface area contributed by atoms with Gasteiger partial charge < -0.3 is 5.32 Å². The van der Waals surface area contributed by atoms with E-state index in [-0.39, 0.29) is 5.91 Å². The van der Waals surface area contributed by atoms with Crippen LogP contribution >= 0.6 is 31.9 Å². The molecule has 0 aliphatic rings. The topological polar surface area (TPSA) is 46.9 Å². The third kappa shape index (κ3) is 3.27. The van der Waals surface area contributed by atoms with Gasteiger partial charge in [-0.25, -0.2) is 9.07 Å². The Morgan fingerprint density at radius 3 is 2.71 bits per heavy atom. The Morgan fingerprint density at radius 1 is 1.21 bits per heavy atom. The van der Waals surface area contributed by atoms with Crippen molar-refractivity contribution >= 4 is 43.5 Å². The molecule has 7 heteroatoms. The highest BCUT2D eigenvalue weighted by atomic mass is 79.9. The molecule has 0 saturated heterocycles. The Kier molecular flexibility index (Phi) is 4.82. The van der Waals surface area contributed by atoms with Crippen LogP contribution in [0, 0.1) is 12.7 Å². The smallest absolute Gasteiger partial charge is 0.259 e. The van der Waals surface area contributed by atoms with E-state index in [4.69, 9.17) is 0 Å². The van der Waals surface area contributed by atoms with Crippen LogP contribution in [0.25, 0.3) is 5.69 Å². The number of nitrogens with zero attached hydrogens (tertiary/aromatic N) is 2. The molecule has 122 valence electrons. The fraction of sp³-hybridized carbons (Fsp3) is 0.0588. The summed E-state index contributed by atoms with van der Waals surface area (Å²) in [5.41, 5.74) is 1.87. The van der Waals surface area contributed by atoms with Crippen LogP contribution in [-0.2, 0) is 0 Å². The van der Waals surface area contributed by atoms with Gasteiger partial charge in [0.1, 0.15) is 11.5 Å². The van der Waals surface area contributed by atoms with E-state index in [0.717, 1.165) is 8.95 Å². The molecule has 0 atom stereocenters. The third-order valence-electron chi connectivity index (χ3n) is 3.51. The first kappa shape index (κ1) is 16.9. The number of nitrogens with one attached hydrogen (secondary N) is 1. The van der Waals surface area contributed by atoms with Gasteiger partial charge >= 0.3 is 0 Å². The summed E-state index contributed by atoms with van der Waals surface area (Å²) < 4.78 is 17.0. The van der Waals surface area contributed by atoms with E-state index in [1.54, 1.807) is 31.2 Å². The van der Waals surface area contributed by atoms with Gasteiger partial charge in [0.05, 0.1) is 23.1 Å². The van der Waals surface area contributed by atoms with E-state index in [2.05, 4.69) is 42.3 Å². The molecule has 1 amide bonds. The summed E-state index contributed by atoms with van der Waals surface area (Å²) in [6.07, 6.45) is 1.43. The van der Waals surface area contributed by atoms with Crippen LogP contribution in [0.4, 0.5) is 10.1 Å². The van der Waals surface area contributed by atoms with E-state index in [1.807, 2.05) is 12.1 Å². The first-order valence-electron chi connectivity index (χ1n) is 7.03. The van der Waals surface area contributed by atoms with E-state index in [0.29, 0.717) is 22.6 Å². The maximum Gasteiger partial charge on any atom is 0.259 e. The summed E-state index contributed by atoms with van der Waals surface area (Å²) >= 11 is 6.76. The molecule has 0 aliphatic heterocycles. The summed E-state index contributed by atoms with van der Waals surface area (Å²) in [6.45, 7) is 1.73. The van der Waals surface area contributed by atoms with Gasteiger partial charge in [-0.2, -0.15) is 5.10 Å². The minimum atomic E-state index is -0.398. The lowest BCUT2D eigenvalue weighted by Crippen LogP contribution is -2.13. The van der Waals surface area contributed by atoms with Gasteiger partial charge in [-0.15, -0.1) is 0 Å². The first-order valence-corrected chi connectivity index (χ1v) is 8.62. The van der Waals surface area contributed by atoms with Gasteiger partial charge in [-0.1, -0.05) is 28.1 Å². The number of rotatable bonds is 3. The monoisotopic (exact) mass is 451 g/mol. The summed E-state index contributed by atoms with van der Waals surface area (Å²) in [5, 5.41) is 6.97. The molecular weight excluding hydrogens is 441 g/mol. The van der Waals surface area contributed by atoms with Crippen molar-refractivity contribution in [3.8, 4) is 5.69 Å². The van der Waals surface area contributed by atoms with Crippen molar-refractivity contribution in [2.24, 2.45) is 0 Å². The zero-order valence-electron chi connectivity index (χ0n) is 12.6. The second-order valence-electron chi connectivity index (χ2n) is 5.09. The molecule has 4 nitrogen and oxygen atoms in total. The fourth-order valence-corrected chi connectivity index (χ4v) is 2.99. The lowest BCUT2D eigenvalue weighted by Gasteiger charge is -2.09. The molecule has 1 N–H and O–H groups in total. The van der Waals surface area contributed by atoms with Crippen molar-refractivity contribution in [2.75, 3.05) is 5.32 Å². The average molecular weight is 453 g/mol. The predicted molar refractivity (Wildman–Crippen MR) is 98.1 cm³/mol. The normalized spacial score (nSPS) is 10.7. The van der Waals surface area contributed by atoms with Gasteiger partial charge in [0.25, 0.3) is 5.91 Å². The molecule has 0 fully saturated rings. The highest BCUT2D eigenvalue weighted by Crippen LogP contribution is 2.27. The number of hydrogen-bond acceptors (Lipinski definition) is 2. The summed E-state index contributed by atoms with van der Waals surface area (Å²) in [5.74, 6) is -0.709. The Hall–Kier alpha value is -1.99. The van der Waals surface area contributed by atoms with Crippen LogP contribution in [0.1, 0.15) is 16.1 Å². The van der Waals surface area contributed by atoms with Crippen LogP contribution < -0.4 is 5.32 Å². The third-order valence-corrected chi connectivity index (χ3v) is 4.70. The molecule has 3 rings (SSSR count). The standard InChI is InChI=1S/C17H12Br2FN3O/c1-10-12(9-21-23(10)16-5-3-2-4-14(16)20)17(24)22-15-8-11(18)6-7-13(15)19/h2-9H,1H3,(H,22,24). The number of aromatic nitrogens is 2. The number of hydrogen-bond donors (Lipinski definition) is 1. The van der Waals surface area contributed by atoms with Crippen molar-refractivity contribution < 1.29 is 9.18 Å². The molecule has 3 aromatic rings. The zero-order valence-corrected chi connectivity index (χ0v) is 15.7. The molecule has 0 bridgehead atoms. The molecule has 1 heterocycles. The average Bonchev–Trinajstić information content (AvgIpc) is 2.93. The lowest BCUT2D eigenvalue weighted by atomic mass is 10.2. The number of halogens is 3. The van der Waals surface area contributed by atoms with Gasteiger partial charge in [-0.05, 0) is 53.2 Å². The SMILES string of the molecule is Cc1c(C(=O)Nc2cc(Br)ccc2Br)cnn1-c1ccccc1F. The molecule has 24 heavy (non-hydrogen) atoms. The molecule has 0 aliphatic carbocycles. The van der Waals surface area contributed by atoms with Crippen molar-refractivity contribution in [2.45, 2.75) is 6.92 Å². The molecule has 0 unspecified atom stereocenters. The molecule has 0 saturated carbocycles. The summed E-state index contributed by atoms with van der Waals surface area (Å²) in [7, 11) is 0. The number of benzene rings is 2. The quantitative estimate of drug-likeness (QED) is 0.601. The van der Waals surface area contributed by atoms with E-state index >= 15 is 0 Å². The first-order chi connectivity index (χ1) is 11.5. The van der Waals surface area contributed by atoms with Gasteiger partial charge in [0.2, 0.25) is 0 Å². The zero-order chi connectivity index (χ0) is 17.3. The maximum absolute atomic E-state index is 13.9. The number of carbonyl (C=O) groups excluding carboxylic acids is 1. The van der Waals surface area contributed by atoms with E-state index in [9.17, 15) is 9.18 Å². The molecule has 1 aromatic heterocycles. The Balaban J connectivity index is 1.92. The minimum absolute atomic E-state index is 0.303. The van der Waals surface area contributed by atoms with Crippen molar-refractivity contribution in [1.29, 1.82) is 0 Å². The van der Waals surface area contributed by atoms with Crippen LogP contribution in [-0.4, -0.2) is 15.7 Å². The number of carbonyl (C=O) groups is 1.